The summed E-state index contributed by atoms with van der Waals surface area (Å²) in [5, 5.41) is 26.3. The van der Waals surface area contributed by atoms with Gasteiger partial charge in [-0.05, 0) is 48.5 Å². The quantitative estimate of drug-likeness (QED) is 0.782. The fourth-order valence-corrected chi connectivity index (χ4v) is 2.72. The molecule has 1 aliphatic heterocycles. The van der Waals surface area contributed by atoms with Gasteiger partial charge in [-0.25, -0.2) is 0 Å². The maximum absolute atomic E-state index is 9.03. The zero-order chi connectivity index (χ0) is 18.6. The number of nitrogens with zero attached hydrogens (tertiary/aromatic N) is 5. The molecule has 3 aromatic rings. The van der Waals surface area contributed by atoms with Gasteiger partial charge in [-0.2, -0.15) is 20.8 Å². The van der Waals surface area contributed by atoms with Crippen molar-refractivity contribution in [1.82, 2.24) is 5.43 Å². The molecule has 0 saturated carbocycles. The first-order valence-corrected chi connectivity index (χ1v) is 8.30. The van der Waals surface area contributed by atoms with Crippen molar-refractivity contribution >= 4 is 17.2 Å². The van der Waals surface area contributed by atoms with Crippen molar-refractivity contribution in [1.29, 1.82) is 10.5 Å². The van der Waals surface area contributed by atoms with E-state index in [9.17, 15) is 0 Å². The monoisotopic (exact) mass is 350 g/mol. The van der Waals surface area contributed by atoms with Crippen molar-refractivity contribution in [2.75, 3.05) is 10.2 Å². The van der Waals surface area contributed by atoms with Crippen LogP contribution in [0.15, 0.2) is 84.0 Å². The average molecular weight is 350 g/mol. The number of hydrazine groups is 2. The Labute approximate surface area is 156 Å². The molecular weight excluding hydrogens is 336 g/mol. The molecular formula is C21H14N6. The molecule has 1 heterocycles. The van der Waals surface area contributed by atoms with Crippen LogP contribution in [0.1, 0.15) is 16.7 Å². The SMILES string of the molecule is N#Cc1ccc(N2N=C(c3ccccc3)NN2c2ccc(C#N)cc2)cc1. The molecule has 27 heavy (non-hydrogen) atoms. The number of benzene rings is 3. The molecule has 0 aromatic heterocycles. The third kappa shape index (κ3) is 3.15. The van der Waals surface area contributed by atoms with Gasteiger partial charge in [0.1, 0.15) is 0 Å². The van der Waals surface area contributed by atoms with E-state index in [1.807, 2.05) is 54.6 Å². The zero-order valence-corrected chi connectivity index (χ0v) is 14.2. The van der Waals surface area contributed by atoms with Crippen LogP contribution in [-0.4, -0.2) is 5.84 Å². The Morgan fingerprint density at radius 3 is 1.81 bits per heavy atom. The Bertz CT molecular complexity index is 1060. The van der Waals surface area contributed by atoms with Crippen LogP contribution >= 0.6 is 0 Å². The van der Waals surface area contributed by atoms with Crippen LogP contribution in [0.2, 0.25) is 0 Å². The van der Waals surface area contributed by atoms with Crippen LogP contribution in [0.3, 0.4) is 0 Å². The summed E-state index contributed by atoms with van der Waals surface area (Å²) >= 11 is 0. The maximum Gasteiger partial charge on any atom is 0.176 e. The van der Waals surface area contributed by atoms with Crippen LogP contribution in [0, 0.1) is 22.7 Å². The highest BCUT2D eigenvalue weighted by atomic mass is 15.9. The van der Waals surface area contributed by atoms with Gasteiger partial charge in [0.15, 0.2) is 5.84 Å². The number of nitrogens with one attached hydrogen (secondary N) is 1. The number of nitriles is 2. The van der Waals surface area contributed by atoms with Gasteiger partial charge in [0.05, 0.1) is 34.6 Å². The molecule has 1 aliphatic rings. The number of rotatable bonds is 3. The third-order valence-electron chi connectivity index (χ3n) is 4.11. The minimum absolute atomic E-state index is 0.586. The van der Waals surface area contributed by atoms with Crippen molar-refractivity contribution in [3.05, 3.63) is 95.6 Å². The predicted octanol–water partition coefficient (Wildman–Crippen LogP) is 3.54. The first kappa shape index (κ1) is 16.2. The predicted molar refractivity (Wildman–Crippen MR) is 103 cm³/mol. The molecule has 0 spiro atoms. The second-order valence-corrected chi connectivity index (χ2v) is 5.85. The van der Waals surface area contributed by atoms with Crippen molar-refractivity contribution in [2.24, 2.45) is 5.10 Å². The summed E-state index contributed by atoms with van der Waals surface area (Å²) in [4.78, 5) is 0. The van der Waals surface area contributed by atoms with E-state index in [1.165, 1.54) is 0 Å². The number of anilines is 2. The summed E-state index contributed by atoms with van der Waals surface area (Å²) in [6.07, 6.45) is 0. The lowest BCUT2D eigenvalue weighted by molar-refractivity contribution is 0.771. The van der Waals surface area contributed by atoms with Gasteiger partial charge in [0.2, 0.25) is 0 Å². The number of hydrazone groups is 1. The summed E-state index contributed by atoms with van der Waals surface area (Å²) in [6, 6.07) is 28.5. The van der Waals surface area contributed by atoms with E-state index in [-0.39, 0.29) is 0 Å². The Kier molecular flexibility index (Phi) is 4.14. The molecule has 0 bridgehead atoms. The van der Waals surface area contributed by atoms with Gasteiger partial charge in [-0.15, -0.1) is 5.10 Å². The minimum Gasteiger partial charge on any atom is -0.259 e. The van der Waals surface area contributed by atoms with Crippen LogP contribution < -0.4 is 15.7 Å². The lowest BCUT2D eigenvalue weighted by atomic mass is 10.2. The first-order chi connectivity index (χ1) is 13.3. The van der Waals surface area contributed by atoms with E-state index >= 15 is 0 Å². The highest BCUT2D eigenvalue weighted by molar-refractivity contribution is 6.02. The van der Waals surface area contributed by atoms with Gasteiger partial charge >= 0.3 is 0 Å². The van der Waals surface area contributed by atoms with Gasteiger partial charge < -0.3 is 0 Å². The molecule has 0 saturated heterocycles. The highest BCUT2D eigenvalue weighted by Crippen LogP contribution is 2.26. The number of hydrogen-bond donors (Lipinski definition) is 1. The van der Waals surface area contributed by atoms with Crippen LogP contribution in [0.4, 0.5) is 11.4 Å². The third-order valence-corrected chi connectivity index (χ3v) is 4.11. The van der Waals surface area contributed by atoms with Crippen molar-refractivity contribution < 1.29 is 0 Å². The fourth-order valence-electron chi connectivity index (χ4n) is 2.72. The number of hydrogen-bond acceptors (Lipinski definition) is 6. The zero-order valence-electron chi connectivity index (χ0n) is 14.2. The molecule has 0 amide bonds. The Hall–Kier alpha value is -4.29. The topological polar surface area (TPSA) is 78.5 Å². The number of amidine groups is 1. The molecule has 4 rings (SSSR count). The van der Waals surface area contributed by atoms with E-state index < -0.39 is 0 Å². The van der Waals surface area contributed by atoms with Crippen LogP contribution in [-0.2, 0) is 0 Å². The smallest absolute Gasteiger partial charge is 0.176 e. The average Bonchev–Trinajstić information content (AvgIpc) is 3.20. The molecule has 0 fully saturated rings. The normalized spacial score (nSPS) is 12.7. The van der Waals surface area contributed by atoms with Gasteiger partial charge in [-0.3, -0.25) is 5.43 Å². The Morgan fingerprint density at radius 2 is 1.26 bits per heavy atom. The molecule has 6 nitrogen and oxygen atoms in total. The van der Waals surface area contributed by atoms with E-state index in [4.69, 9.17) is 15.6 Å². The van der Waals surface area contributed by atoms with Crippen molar-refractivity contribution in [3.63, 3.8) is 0 Å². The minimum atomic E-state index is 0.586. The summed E-state index contributed by atoms with van der Waals surface area (Å²) < 4.78 is 0. The molecule has 0 atom stereocenters. The van der Waals surface area contributed by atoms with Gasteiger partial charge in [0.25, 0.3) is 0 Å². The summed E-state index contributed by atoms with van der Waals surface area (Å²) in [5.41, 5.74) is 7.06. The Balaban J connectivity index is 1.74. The van der Waals surface area contributed by atoms with Gasteiger partial charge in [-0.1, -0.05) is 30.3 Å². The second-order valence-electron chi connectivity index (χ2n) is 5.85. The van der Waals surface area contributed by atoms with E-state index in [0.717, 1.165) is 16.9 Å². The highest BCUT2D eigenvalue weighted by Gasteiger charge is 2.26. The summed E-state index contributed by atoms with van der Waals surface area (Å²) in [5.74, 6) is 0.698. The second kappa shape index (κ2) is 6.91. The largest absolute Gasteiger partial charge is 0.259 e. The van der Waals surface area contributed by atoms with E-state index in [1.54, 1.807) is 34.5 Å². The van der Waals surface area contributed by atoms with Crippen molar-refractivity contribution in [2.45, 2.75) is 0 Å². The van der Waals surface area contributed by atoms with Crippen LogP contribution in [0.25, 0.3) is 0 Å². The van der Waals surface area contributed by atoms with Crippen molar-refractivity contribution in [3.8, 4) is 12.1 Å². The van der Waals surface area contributed by atoms with E-state index in [0.29, 0.717) is 17.0 Å². The molecule has 1 N–H and O–H groups in total. The van der Waals surface area contributed by atoms with Crippen LogP contribution in [0.5, 0.6) is 0 Å². The summed E-state index contributed by atoms with van der Waals surface area (Å²) in [6.45, 7) is 0. The molecule has 128 valence electrons. The molecule has 3 aromatic carbocycles. The van der Waals surface area contributed by atoms with Gasteiger partial charge in [0, 0.05) is 5.56 Å². The first-order valence-electron chi connectivity index (χ1n) is 8.30. The fraction of sp³-hybridized carbons (Fsp3) is 0. The lowest BCUT2D eigenvalue weighted by Gasteiger charge is -2.28. The molecule has 6 heteroatoms. The maximum atomic E-state index is 9.03. The Morgan fingerprint density at radius 1 is 0.704 bits per heavy atom. The molecule has 0 radical (unpaired) electrons. The molecule has 0 aliphatic carbocycles. The standard InChI is InChI=1S/C21H14N6/c22-14-16-6-10-19(11-7-16)26-24-21(18-4-2-1-3-5-18)25-27(26)20-12-8-17(15-23)9-13-20/h1-13H,(H,24,25). The molecule has 0 unspecified atom stereocenters. The lowest BCUT2D eigenvalue weighted by Crippen LogP contribution is -2.44. The van der Waals surface area contributed by atoms with E-state index in [2.05, 4.69) is 17.6 Å². The summed E-state index contributed by atoms with van der Waals surface area (Å²) in [7, 11) is 0.